The van der Waals surface area contributed by atoms with Gasteiger partial charge in [-0.1, -0.05) is 12.1 Å². The van der Waals surface area contributed by atoms with Crippen molar-refractivity contribution in [3.05, 3.63) is 64.5 Å². The van der Waals surface area contributed by atoms with Gasteiger partial charge in [0.25, 0.3) is 5.91 Å². The van der Waals surface area contributed by atoms with Crippen LogP contribution in [0.2, 0.25) is 0 Å². The molecule has 190 valence electrons. The fraction of sp³-hybridized carbons (Fsp3) is 0.370. The van der Waals surface area contributed by atoms with E-state index in [0.717, 1.165) is 41.2 Å². The molecular weight excluding hydrogens is 489 g/mol. The number of ether oxygens (including phenoxy) is 2. The summed E-state index contributed by atoms with van der Waals surface area (Å²) in [5, 5.41) is 3.46. The van der Waals surface area contributed by atoms with Crippen molar-refractivity contribution in [2.75, 3.05) is 31.7 Å². The highest BCUT2D eigenvalue weighted by molar-refractivity contribution is 7.17. The second kappa shape index (κ2) is 10.1. The van der Waals surface area contributed by atoms with Crippen molar-refractivity contribution in [1.29, 1.82) is 0 Å². The molecule has 0 radical (unpaired) electrons. The summed E-state index contributed by atoms with van der Waals surface area (Å²) >= 11 is 1.31. The number of amides is 1. The summed E-state index contributed by atoms with van der Waals surface area (Å²) in [5.74, 6) is 1.09. The molecule has 0 bridgehead atoms. The quantitative estimate of drug-likeness (QED) is 0.408. The van der Waals surface area contributed by atoms with Crippen molar-refractivity contribution >= 4 is 22.9 Å². The first-order chi connectivity index (χ1) is 17.3. The van der Waals surface area contributed by atoms with E-state index < -0.39 is 11.7 Å². The largest absolute Gasteiger partial charge is 0.493 e. The number of nitrogens with one attached hydrogen (secondary N) is 1. The highest BCUT2D eigenvalue weighted by atomic mass is 32.1. The number of nitrogens with zero attached hydrogens (tertiary/aromatic N) is 1. The van der Waals surface area contributed by atoms with E-state index in [1.165, 1.54) is 36.3 Å². The number of hydrogen-bond acceptors (Lipinski definition) is 5. The fourth-order valence-corrected chi connectivity index (χ4v) is 5.89. The predicted molar refractivity (Wildman–Crippen MR) is 134 cm³/mol. The molecule has 2 aliphatic rings. The van der Waals surface area contributed by atoms with E-state index in [4.69, 9.17) is 9.47 Å². The highest BCUT2D eigenvalue weighted by Crippen LogP contribution is 2.39. The molecule has 3 heterocycles. The van der Waals surface area contributed by atoms with Crippen LogP contribution in [0.4, 0.5) is 18.9 Å². The average molecular weight is 517 g/mol. The van der Waals surface area contributed by atoms with E-state index in [9.17, 15) is 18.0 Å². The van der Waals surface area contributed by atoms with Gasteiger partial charge in [0.15, 0.2) is 11.5 Å². The van der Waals surface area contributed by atoms with E-state index in [1.807, 2.05) is 24.3 Å². The van der Waals surface area contributed by atoms with E-state index >= 15 is 0 Å². The Morgan fingerprint density at radius 3 is 2.61 bits per heavy atom. The van der Waals surface area contributed by atoms with Crippen LogP contribution in [0.5, 0.6) is 11.5 Å². The van der Waals surface area contributed by atoms with Gasteiger partial charge in [0.2, 0.25) is 0 Å². The normalized spacial score (nSPS) is 17.8. The number of carbonyl (C=O) groups is 1. The second-order valence-electron chi connectivity index (χ2n) is 9.01. The minimum Gasteiger partial charge on any atom is -0.493 e. The molecular formula is C27H27F3N2O3S. The first-order valence-electron chi connectivity index (χ1n) is 12.0. The fourth-order valence-electron chi connectivity index (χ4n) is 4.72. The minimum atomic E-state index is -4.38. The van der Waals surface area contributed by atoms with E-state index in [1.54, 1.807) is 12.0 Å². The van der Waals surface area contributed by atoms with E-state index in [0.29, 0.717) is 47.6 Å². The summed E-state index contributed by atoms with van der Waals surface area (Å²) < 4.78 is 50.2. The number of rotatable bonds is 7. The Morgan fingerprint density at radius 1 is 1.11 bits per heavy atom. The van der Waals surface area contributed by atoms with Crippen LogP contribution in [-0.2, 0) is 12.6 Å². The second-order valence-corrected chi connectivity index (χ2v) is 10.1. The lowest BCUT2D eigenvalue weighted by Gasteiger charge is -2.27. The molecule has 0 aliphatic carbocycles. The standard InChI is InChI=1S/C27H27F3N2O3S/c1-34-23-16-21(8-9-22(23)35-14-11-20-3-2-12-31-20)32-13-10-18-15-24(36-25(18)26(32)33)17-4-6-19(7-5-17)27(28,29)30/h4-9,15-16,20,31H,2-3,10-14H2,1H3. The summed E-state index contributed by atoms with van der Waals surface area (Å²) in [6.45, 7) is 2.15. The summed E-state index contributed by atoms with van der Waals surface area (Å²) in [7, 11) is 1.58. The number of halogens is 3. The van der Waals surface area contributed by atoms with E-state index in [2.05, 4.69) is 5.32 Å². The molecule has 1 saturated heterocycles. The van der Waals surface area contributed by atoms with Crippen LogP contribution >= 0.6 is 11.3 Å². The van der Waals surface area contributed by atoms with Crippen LogP contribution in [0.1, 0.15) is 40.1 Å². The van der Waals surface area contributed by atoms with Gasteiger partial charge >= 0.3 is 6.18 Å². The Hall–Kier alpha value is -3.04. The smallest absolute Gasteiger partial charge is 0.416 e. The van der Waals surface area contributed by atoms with Crippen LogP contribution in [0, 0.1) is 0 Å². The first kappa shape index (κ1) is 24.6. The molecule has 1 unspecified atom stereocenters. The van der Waals surface area contributed by atoms with Gasteiger partial charge in [-0.2, -0.15) is 13.2 Å². The summed E-state index contributed by atoms with van der Waals surface area (Å²) in [4.78, 5) is 16.5. The molecule has 5 nitrogen and oxygen atoms in total. The molecule has 1 aromatic heterocycles. The lowest BCUT2D eigenvalue weighted by Crippen LogP contribution is -2.36. The number of hydrogen-bond donors (Lipinski definition) is 1. The third-order valence-corrected chi connectivity index (χ3v) is 7.91. The van der Waals surface area contributed by atoms with Crippen LogP contribution in [0.3, 0.4) is 0 Å². The third-order valence-electron chi connectivity index (χ3n) is 6.70. The molecule has 1 amide bonds. The molecule has 9 heteroatoms. The lowest BCUT2D eigenvalue weighted by atomic mass is 10.0. The van der Waals surface area contributed by atoms with Gasteiger partial charge in [-0.15, -0.1) is 11.3 Å². The number of alkyl halides is 3. The third kappa shape index (κ3) is 5.08. The van der Waals surface area contributed by atoms with Gasteiger partial charge in [-0.3, -0.25) is 4.79 Å². The van der Waals surface area contributed by atoms with Crippen molar-refractivity contribution in [1.82, 2.24) is 5.32 Å². The summed E-state index contributed by atoms with van der Waals surface area (Å²) in [6.07, 6.45) is -0.421. The van der Waals surface area contributed by atoms with Crippen molar-refractivity contribution in [3.8, 4) is 21.9 Å². The summed E-state index contributed by atoms with van der Waals surface area (Å²) in [6, 6.07) is 13.0. The Kier molecular flexibility index (Phi) is 6.94. The number of anilines is 1. The zero-order chi connectivity index (χ0) is 25.3. The molecule has 36 heavy (non-hydrogen) atoms. The number of thiophene rings is 1. The molecule has 0 spiro atoms. The van der Waals surface area contributed by atoms with Crippen molar-refractivity contribution < 1.29 is 27.4 Å². The Balaban J connectivity index is 1.30. The molecule has 2 aromatic carbocycles. The van der Waals surface area contributed by atoms with Crippen molar-refractivity contribution in [2.45, 2.75) is 37.9 Å². The molecule has 2 aliphatic heterocycles. The molecule has 0 saturated carbocycles. The van der Waals surface area contributed by atoms with E-state index in [-0.39, 0.29) is 5.91 Å². The predicted octanol–water partition coefficient (Wildman–Crippen LogP) is 6.17. The maximum Gasteiger partial charge on any atom is 0.416 e. The number of carbonyl (C=O) groups excluding carboxylic acids is 1. The SMILES string of the molecule is COc1cc(N2CCc3cc(-c4ccc(C(F)(F)F)cc4)sc3C2=O)ccc1OCCC1CCCN1. The molecule has 1 fully saturated rings. The van der Waals surface area contributed by atoms with Crippen LogP contribution in [0.15, 0.2) is 48.5 Å². The van der Waals surface area contributed by atoms with Crippen LogP contribution < -0.4 is 19.7 Å². The number of benzene rings is 2. The Labute approximate surface area is 211 Å². The topological polar surface area (TPSA) is 50.8 Å². The number of methoxy groups -OCH3 is 1. The average Bonchev–Trinajstić information content (AvgIpc) is 3.55. The van der Waals surface area contributed by atoms with Crippen LogP contribution in [-0.4, -0.2) is 38.8 Å². The maximum atomic E-state index is 13.4. The Morgan fingerprint density at radius 2 is 1.92 bits per heavy atom. The first-order valence-corrected chi connectivity index (χ1v) is 12.8. The Bertz CT molecular complexity index is 1230. The van der Waals surface area contributed by atoms with Crippen LogP contribution in [0.25, 0.3) is 10.4 Å². The van der Waals surface area contributed by atoms with Gasteiger partial charge < -0.3 is 19.7 Å². The van der Waals surface area contributed by atoms with Gasteiger partial charge in [0, 0.05) is 29.2 Å². The lowest BCUT2D eigenvalue weighted by molar-refractivity contribution is -0.137. The molecule has 1 N–H and O–H groups in total. The van der Waals surface area contributed by atoms with Gasteiger partial charge in [-0.05, 0) is 73.7 Å². The van der Waals surface area contributed by atoms with Crippen molar-refractivity contribution in [2.24, 2.45) is 0 Å². The van der Waals surface area contributed by atoms with Gasteiger partial charge in [0.05, 0.1) is 24.2 Å². The molecule has 5 rings (SSSR count). The monoisotopic (exact) mass is 516 g/mol. The molecule has 3 aromatic rings. The van der Waals surface area contributed by atoms with Gasteiger partial charge in [-0.25, -0.2) is 0 Å². The van der Waals surface area contributed by atoms with Crippen molar-refractivity contribution in [3.63, 3.8) is 0 Å². The van der Waals surface area contributed by atoms with Gasteiger partial charge in [0.1, 0.15) is 0 Å². The summed E-state index contributed by atoms with van der Waals surface area (Å²) in [5.41, 5.74) is 1.62. The highest BCUT2D eigenvalue weighted by Gasteiger charge is 2.31. The zero-order valence-corrected chi connectivity index (χ0v) is 20.7. The zero-order valence-electron chi connectivity index (χ0n) is 19.9. The maximum absolute atomic E-state index is 13.4. The molecule has 1 atom stereocenters. The number of fused-ring (bicyclic) bond motifs is 1. The minimum absolute atomic E-state index is 0.123.